The molecule has 1 aromatic carbocycles. The molecule has 4 bridgehead atoms. The Morgan fingerprint density at radius 3 is 2.26 bits per heavy atom. The van der Waals surface area contributed by atoms with E-state index in [1.165, 1.54) is 24.2 Å². The normalized spacial score (nSPS) is 30.9. The third kappa shape index (κ3) is 3.83. The monoisotopic (exact) mass is 369 g/mol. The fraction of sp³-hybridized carbons (Fsp3) is 0.636. The van der Waals surface area contributed by atoms with E-state index in [1.807, 2.05) is 32.0 Å². The van der Waals surface area contributed by atoms with E-state index in [0.717, 1.165) is 53.8 Å². The van der Waals surface area contributed by atoms with Crippen molar-refractivity contribution >= 4 is 17.6 Å². The number of aryl methyl sites for hydroxylation is 2. The van der Waals surface area contributed by atoms with E-state index in [2.05, 4.69) is 10.6 Å². The van der Waals surface area contributed by atoms with E-state index in [4.69, 9.17) is 0 Å². The number of carbonyl (C=O) groups is 2. The van der Waals surface area contributed by atoms with Crippen molar-refractivity contribution < 1.29 is 9.59 Å². The van der Waals surface area contributed by atoms with Gasteiger partial charge in [-0.15, -0.1) is 0 Å². The van der Waals surface area contributed by atoms with Gasteiger partial charge in [-0.3, -0.25) is 4.79 Å². The number of nitrogens with zero attached hydrogens (tertiary/aromatic N) is 1. The number of hydrogen-bond donors (Lipinski definition) is 2. The second-order valence-corrected chi connectivity index (χ2v) is 9.35. The van der Waals surface area contributed by atoms with E-state index in [1.54, 1.807) is 7.05 Å². The zero-order chi connectivity index (χ0) is 19.2. The number of hydrogen-bond acceptors (Lipinski definition) is 2. The van der Waals surface area contributed by atoms with Crippen LogP contribution in [0, 0.1) is 31.6 Å². The van der Waals surface area contributed by atoms with Crippen molar-refractivity contribution in [2.24, 2.45) is 17.8 Å². The van der Waals surface area contributed by atoms with Crippen LogP contribution in [-0.4, -0.2) is 36.0 Å². The largest absolute Gasteiger partial charge is 0.333 e. The summed E-state index contributed by atoms with van der Waals surface area (Å²) in [4.78, 5) is 26.7. The van der Waals surface area contributed by atoms with Crippen molar-refractivity contribution in [1.29, 1.82) is 0 Å². The topological polar surface area (TPSA) is 61.4 Å². The molecule has 0 aromatic heterocycles. The highest BCUT2D eigenvalue weighted by Gasteiger charge is 2.51. The third-order valence-corrected chi connectivity index (χ3v) is 6.80. The predicted octanol–water partition coefficient (Wildman–Crippen LogP) is 3.85. The minimum absolute atomic E-state index is 0.0241. The lowest BCUT2D eigenvalue weighted by Crippen LogP contribution is -2.61. The average Bonchev–Trinajstić information content (AvgIpc) is 2.56. The van der Waals surface area contributed by atoms with Gasteiger partial charge in [-0.25, -0.2) is 4.79 Å². The highest BCUT2D eigenvalue weighted by molar-refractivity contribution is 5.95. The van der Waals surface area contributed by atoms with Gasteiger partial charge in [0.25, 0.3) is 0 Å². The van der Waals surface area contributed by atoms with Gasteiger partial charge in [0.2, 0.25) is 5.91 Å². The van der Waals surface area contributed by atoms with Crippen molar-refractivity contribution in [1.82, 2.24) is 10.2 Å². The minimum Gasteiger partial charge on any atom is -0.333 e. The first-order chi connectivity index (χ1) is 12.8. The Morgan fingerprint density at radius 2 is 1.67 bits per heavy atom. The summed E-state index contributed by atoms with van der Waals surface area (Å²) < 4.78 is 0. The predicted molar refractivity (Wildman–Crippen MR) is 107 cm³/mol. The van der Waals surface area contributed by atoms with Crippen LogP contribution >= 0.6 is 0 Å². The molecule has 5 rings (SSSR count). The number of nitrogens with one attached hydrogen (secondary N) is 2. The Morgan fingerprint density at radius 1 is 1.07 bits per heavy atom. The zero-order valence-corrected chi connectivity index (χ0v) is 16.7. The number of amides is 3. The second-order valence-electron chi connectivity index (χ2n) is 9.35. The van der Waals surface area contributed by atoms with Crippen LogP contribution in [0.5, 0.6) is 0 Å². The van der Waals surface area contributed by atoms with Gasteiger partial charge in [0.1, 0.15) is 6.54 Å². The van der Waals surface area contributed by atoms with Gasteiger partial charge in [0, 0.05) is 18.3 Å². The summed E-state index contributed by atoms with van der Waals surface area (Å²) in [6, 6.07) is 5.86. The molecule has 0 spiro atoms. The summed E-state index contributed by atoms with van der Waals surface area (Å²) in [5, 5.41) is 6.26. The molecule has 4 aliphatic rings. The molecule has 2 N–H and O–H groups in total. The summed E-state index contributed by atoms with van der Waals surface area (Å²) in [5.74, 6) is 2.20. The quantitative estimate of drug-likeness (QED) is 0.847. The molecule has 1 aromatic rings. The first kappa shape index (κ1) is 18.3. The lowest BCUT2D eigenvalue weighted by molar-refractivity contribution is -0.116. The summed E-state index contributed by atoms with van der Waals surface area (Å²) in [6.45, 7) is 4.03. The van der Waals surface area contributed by atoms with Crippen molar-refractivity contribution in [3.05, 3.63) is 29.3 Å². The number of likely N-dealkylation sites (N-methyl/N-ethyl adjacent to an activating group) is 1. The fourth-order valence-electron chi connectivity index (χ4n) is 5.93. The van der Waals surface area contributed by atoms with Gasteiger partial charge in [0.15, 0.2) is 0 Å². The molecule has 0 unspecified atom stereocenters. The molecule has 0 atom stereocenters. The van der Waals surface area contributed by atoms with Gasteiger partial charge in [-0.1, -0.05) is 12.1 Å². The van der Waals surface area contributed by atoms with Crippen molar-refractivity contribution in [3.8, 4) is 0 Å². The molecule has 146 valence electrons. The van der Waals surface area contributed by atoms with Crippen LogP contribution in [0.4, 0.5) is 10.5 Å². The summed E-state index contributed by atoms with van der Waals surface area (Å²) in [7, 11) is 1.71. The Balaban J connectivity index is 1.34. The Hall–Kier alpha value is -2.04. The second kappa shape index (κ2) is 6.84. The van der Waals surface area contributed by atoms with Gasteiger partial charge in [-0.2, -0.15) is 0 Å². The average molecular weight is 370 g/mol. The van der Waals surface area contributed by atoms with Crippen LogP contribution in [0.15, 0.2) is 18.2 Å². The fourth-order valence-corrected chi connectivity index (χ4v) is 5.93. The van der Waals surface area contributed by atoms with Crippen molar-refractivity contribution in [3.63, 3.8) is 0 Å². The maximum atomic E-state index is 12.8. The maximum Gasteiger partial charge on any atom is 0.318 e. The Labute approximate surface area is 161 Å². The molecule has 0 radical (unpaired) electrons. The van der Waals surface area contributed by atoms with Crippen LogP contribution in [0.25, 0.3) is 0 Å². The van der Waals surface area contributed by atoms with Crippen LogP contribution in [-0.2, 0) is 4.79 Å². The number of carbonyl (C=O) groups excluding carboxylic acids is 2. The van der Waals surface area contributed by atoms with Crippen molar-refractivity contribution in [2.45, 2.75) is 57.9 Å². The molecule has 4 saturated carbocycles. The van der Waals surface area contributed by atoms with Crippen LogP contribution < -0.4 is 10.6 Å². The van der Waals surface area contributed by atoms with Crippen LogP contribution in [0.1, 0.15) is 49.7 Å². The molecule has 0 aliphatic heterocycles. The Kier molecular flexibility index (Phi) is 4.65. The lowest BCUT2D eigenvalue weighted by Gasteiger charge is -2.57. The smallest absolute Gasteiger partial charge is 0.318 e. The van der Waals surface area contributed by atoms with Crippen LogP contribution in [0.3, 0.4) is 0 Å². The third-order valence-electron chi connectivity index (χ3n) is 6.80. The first-order valence-corrected chi connectivity index (χ1v) is 10.2. The number of urea groups is 1. The lowest BCUT2D eigenvalue weighted by atomic mass is 9.53. The number of rotatable bonds is 4. The van der Waals surface area contributed by atoms with Gasteiger partial charge < -0.3 is 15.5 Å². The molecular weight excluding hydrogens is 338 g/mol. The summed E-state index contributed by atoms with van der Waals surface area (Å²) in [6.07, 6.45) is 7.41. The highest BCUT2D eigenvalue weighted by Crippen LogP contribution is 2.55. The number of benzene rings is 1. The van der Waals surface area contributed by atoms with E-state index >= 15 is 0 Å². The van der Waals surface area contributed by atoms with Gasteiger partial charge in [0.05, 0.1) is 0 Å². The van der Waals surface area contributed by atoms with Gasteiger partial charge >= 0.3 is 6.03 Å². The van der Waals surface area contributed by atoms with E-state index in [-0.39, 0.29) is 24.0 Å². The van der Waals surface area contributed by atoms with Gasteiger partial charge in [-0.05, 0) is 87.3 Å². The molecule has 5 heteroatoms. The number of anilines is 1. The molecule has 4 aliphatic carbocycles. The maximum absolute atomic E-state index is 12.8. The summed E-state index contributed by atoms with van der Waals surface area (Å²) >= 11 is 0. The zero-order valence-electron chi connectivity index (χ0n) is 16.7. The summed E-state index contributed by atoms with van der Waals surface area (Å²) in [5.41, 5.74) is 2.91. The van der Waals surface area contributed by atoms with E-state index in [9.17, 15) is 9.59 Å². The molecule has 5 nitrogen and oxygen atoms in total. The molecule has 4 fully saturated rings. The minimum atomic E-state index is -0.160. The van der Waals surface area contributed by atoms with E-state index < -0.39 is 0 Å². The standard InChI is InChI=1S/C22H31N3O2/c1-14-4-5-15(2)19(6-14)23-20(26)13-25(3)21(27)24-22-10-16-7-17(11-22)9-18(8-16)12-22/h4-6,16-18H,7-13H2,1-3H3,(H,23,26)(H,24,27). The Bertz CT molecular complexity index is 723. The van der Waals surface area contributed by atoms with E-state index in [0.29, 0.717) is 0 Å². The highest BCUT2D eigenvalue weighted by atomic mass is 16.2. The molecule has 0 heterocycles. The van der Waals surface area contributed by atoms with Crippen molar-refractivity contribution in [2.75, 3.05) is 18.9 Å². The first-order valence-electron chi connectivity index (χ1n) is 10.2. The SMILES string of the molecule is Cc1ccc(C)c(NC(=O)CN(C)C(=O)NC23CC4CC(CC(C4)C2)C3)c1. The molecule has 27 heavy (non-hydrogen) atoms. The molecular formula is C22H31N3O2. The molecule has 3 amide bonds. The van der Waals surface area contributed by atoms with Crippen LogP contribution in [0.2, 0.25) is 0 Å². The molecule has 0 saturated heterocycles.